The van der Waals surface area contributed by atoms with Crippen LogP contribution in [0.25, 0.3) is 5.76 Å². The van der Waals surface area contributed by atoms with Crippen LogP contribution in [0.5, 0.6) is 17.2 Å². The minimum atomic E-state index is -0.821. The summed E-state index contributed by atoms with van der Waals surface area (Å²) < 4.78 is 16.7. The Bertz CT molecular complexity index is 1430. The van der Waals surface area contributed by atoms with Gasteiger partial charge in [-0.05, 0) is 72.9 Å². The van der Waals surface area contributed by atoms with Gasteiger partial charge in [0.2, 0.25) is 0 Å². The average molecular weight is 544 g/mol. The zero-order valence-electron chi connectivity index (χ0n) is 24.1. The van der Waals surface area contributed by atoms with Crippen LogP contribution in [0, 0.1) is 0 Å². The second-order valence-corrected chi connectivity index (χ2v) is 11.2. The number of methoxy groups -OCH3 is 2. The molecular weight excluding hydrogens is 506 g/mol. The number of ketones is 1. The molecule has 1 amide bonds. The van der Waals surface area contributed by atoms with Crippen molar-refractivity contribution in [2.45, 2.75) is 58.7 Å². The molecule has 0 saturated carbocycles. The smallest absolute Gasteiger partial charge is 0.295 e. The van der Waals surface area contributed by atoms with Gasteiger partial charge in [0.15, 0.2) is 0 Å². The quantitative estimate of drug-likeness (QED) is 0.201. The Labute approximate surface area is 236 Å². The predicted molar refractivity (Wildman–Crippen MR) is 155 cm³/mol. The monoisotopic (exact) mass is 543 g/mol. The zero-order valence-corrected chi connectivity index (χ0v) is 24.1. The lowest BCUT2D eigenvalue weighted by Gasteiger charge is -2.26. The van der Waals surface area contributed by atoms with Crippen molar-refractivity contribution >= 4 is 17.4 Å². The van der Waals surface area contributed by atoms with Crippen LogP contribution in [-0.2, 0) is 21.5 Å². The second kappa shape index (κ2) is 11.5. The van der Waals surface area contributed by atoms with E-state index in [1.807, 2.05) is 89.2 Å². The highest BCUT2D eigenvalue weighted by Gasteiger charge is 2.46. The van der Waals surface area contributed by atoms with Gasteiger partial charge in [0.25, 0.3) is 11.7 Å². The highest BCUT2D eigenvalue weighted by molar-refractivity contribution is 6.46. The van der Waals surface area contributed by atoms with Crippen LogP contribution >= 0.6 is 0 Å². The molecule has 1 fully saturated rings. The molecule has 1 atom stereocenters. The van der Waals surface area contributed by atoms with Gasteiger partial charge in [-0.3, -0.25) is 9.59 Å². The first-order valence-corrected chi connectivity index (χ1v) is 13.3. The lowest BCUT2D eigenvalue weighted by atomic mass is 9.84. The molecule has 1 aliphatic heterocycles. The number of benzene rings is 3. The van der Waals surface area contributed by atoms with E-state index in [9.17, 15) is 14.7 Å². The van der Waals surface area contributed by atoms with Crippen molar-refractivity contribution < 1.29 is 28.9 Å². The number of aliphatic hydroxyl groups is 1. The minimum Gasteiger partial charge on any atom is -0.507 e. The van der Waals surface area contributed by atoms with Crippen molar-refractivity contribution in [1.29, 1.82) is 0 Å². The molecule has 1 saturated heterocycles. The van der Waals surface area contributed by atoms with Crippen molar-refractivity contribution in [2.24, 2.45) is 0 Å². The van der Waals surface area contributed by atoms with Gasteiger partial charge >= 0.3 is 0 Å². The molecule has 1 unspecified atom stereocenters. The van der Waals surface area contributed by atoms with E-state index in [4.69, 9.17) is 14.2 Å². The summed E-state index contributed by atoms with van der Waals surface area (Å²) in [5, 5.41) is 11.7. The van der Waals surface area contributed by atoms with E-state index in [1.54, 1.807) is 26.4 Å². The van der Waals surface area contributed by atoms with E-state index in [-0.39, 0.29) is 29.4 Å². The Kier molecular flexibility index (Phi) is 8.24. The second-order valence-electron chi connectivity index (χ2n) is 11.2. The van der Waals surface area contributed by atoms with Crippen LogP contribution in [-0.4, -0.2) is 42.0 Å². The van der Waals surface area contributed by atoms with Gasteiger partial charge in [0.1, 0.15) is 23.0 Å². The molecule has 0 radical (unpaired) electrons. The molecule has 1 N–H and O–H groups in total. The van der Waals surface area contributed by atoms with E-state index in [0.717, 1.165) is 11.1 Å². The number of nitrogens with zero attached hydrogens (tertiary/aromatic N) is 1. The Hall–Kier alpha value is -4.26. The fourth-order valence-corrected chi connectivity index (χ4v) is 4.94. The van der Waals surface area contributed by atoms with Crippen LogP contribution in [0.15, 0.2) is 72.3 Å². The number of hydrogen-bond acceptors (Lipinski definition) is 6. The third-order valence-electron chi connectivity index (χ3n) is 6.88. The normalized spacial score (nSPS) is 16.9. The van der Waals surface area contributed by atoms with Gasteiger partial charge in [0.05, 0.1) is 31.9 Å². The van der Waals surface area contributed by atoms with Gasteiger partial charge in [-0.25, -0.2) is 0 Å². The molecule has 0 bridgehead atoms. The molecule has 3 aromatic rings. The molecule has 0 spiro atoms. The van der Waals surface area contributed by atoms with E-state index in [1.165, 1.54) is 4.90 Å². The molecular formula is C33H37NO6. The van der Waals surface area contributed by atoms with E-state index >= 15 is 0 Å². The number of carbonyl (C=O) groups excluding carboxylic acids is 2. The van der Waals surface area contributed by atoms with E-state index < -0.39 is 17.7 Å². The van der Waals surface area contributed by atoms with Crippen LogP contribution in [0.3, 0.4) is 0 Å². The minimum absolute atomic E-state index is 0.0326. The molecule has 40 heavy (non-hydrogen) atoms. The molecule has 0 aliphatic carbocycles. The van der Waals surface area contributed by atoms with Gasteiger partial charge in [-0.1, -0.05) is 45.0 Å². The summed E-state index contributed by atoms with van der Waals surface area (Å²) in [6.07, 6.45) is -0.0592. The first-order valence-electron chi connectivity index (χ1n) is 13.3. The summed E-state index contributed by atoms with van der Waals surface area (Å²) >= 11 is 0. The predicted octanol–water partition coefficient (Wildman–Crippen LogP) is 6.41. The van der Waals surface area contributed by atoms with Crippen molar-refractivity contribution in [2.75, 3.05) is 14.2 Å². The topological polar surface area (TPSA) is 85.3 Å². The Morgan fingerprint density at radius 1 is 0.925 bits per heavy atom. The molecule has 0 aromatic heterocycles. The van der Waals surface area contributed by atoms with Gasteiger partial charge in [0, 0.05) is 17.7 Å². The Balaban J connectivity index is 1.88. The molecule has 7 heteroatoms. The van der Waals surface area contributed by atoms with Crippen LogP contribution in [0.4, 0.5) is 0 Å². The summed E-state index contributed by atoms with van der Waals surface area (Å²) in [4.78, 5) is 28.6. The maximum Gasteiger partial charge on any atom is 0.295 e. The van der Waals surface area contributed by atoms with E-state index in [0.29, 0.717) is 28.4 Å². The molecule has 1 heterocycles. The summed E-state index contributed by atoms with van der Waals surface area (Å²) in [5.41, 5.74) is 2.54. The van der Waals surface area contributed by atoms with Crippen molar-refractivity contribution in [1.82, 2.24) is 4.90 Å². The van der Waals surface area contributed by atoms with Gasteiger partial charge in [-0.2, -0.15) is 0 Å². The molecule has 210 valence electrons. The lowest BCUT2D eigenvalue weighted by Crippen LogP contribution is -2.29. The summed E-state index contributed by atoms with van der Waals surface area (Å²) in [6.45, 7) is 10.2. The van der Waals surface area contributed by atoms with Crippen LogP contribution in [0.2, 0.25) is 0 Å². The maximum atomic E-state index is 13.6. The summed E-state index contributed by atoms with van der Waals surface area (Å²) in [6, 6.07) is 19.1. The standard InChI is InChI=1S/C33H37NO6/c1-20(2)40-25-10-8-9-22(17-25)29-28(30(35)23-13-16-27(39-7)26(18-23)33(3,4)5)31(36)32(37)34(29)19-21-11-14-24(38-6)15-12-21/h8-18,20,29,35H,19H2,1-7H3/b30-28+. The number of likely N-dealkylation sites (tertiary alicyclic amines) is 1. The van der Waals surface area contributed by atoms with Crippen LogP contribution < -0.4 is 14.2 Å². The summed E-state index contributed by atoms with van der Waals surface area (Å²) in [7, 11) is 3.19. The highest BCUT2D eigenvalue weighted by Crippen LogP contribution is 2.42. The number of ether oxygens (including phenoxy) is 3. The maximum absolute atomic E-state index is 13.6. The number of carbonyl (C=O) groups is 2. The summed E-state index contributed by atoms with van der Waals surface area (Å²) in [5.74, 6) is 0.335. The third-order valence-corrected chi connectivity index (χ3v) is 6.88. The SMILES string of the molecule is COc1ccc(CN2C(=O)C(=O)/C(=C(/O)c3ccc(OC)c(C(C)(C)C)c3)C2c2cccc(OC(C)C)c2)cc1. The van der Waals surface area contributed by atoms with E-state index in [2.05, 4.69) is 0 Å². The fraction of sp³-hybridized carbons (Fsp3) is 0.333. The number of rotatable bonds is 8. The Morgan fingerprint density at radius 3 is 2.23 bits per heavy atom. The van der Waals surface area contributed by atoms with Crippen LogP contribution in [0.1, 0.15) is 62.9 Å². The largest absolute Gasteiger partial charge is 0.507 e. The number of hydrogen-bond donors (Lipinski definition) is 1. The number of aliphatic hydroxyl groups excluding tert-OH is 1. The fourth-order valence-electron chi connectivity index (χ4n) is 4.94. The first-order chi connectivity index (χ1) is 18.9. The van der Waals surface area contributed by atoms with Crippen molar-refractivity contribution in [3.8, 4) is 17.2 Å². The number of Topliss-reactive ketones (excluding diaryl/α,β-unsaturated/α-hetero) is 1. The van der Waals surface area contributed by atoms with Crippen molar-refractivity contribution in [3.05, 3.63) is 94.6 Å². The Morgan fingerprint density at radius 2 is 1.62 bits per heavy atom. The lowest BCUT2D eigenvalue weighted by molar-refractivity contribution is -0.140. The molecule has 7 nitrogen and oxygen atoms in total. The first kappa shape index (κ1) is 28.7. The molecule has 4 rings (SSSR count). The van der Waals surface area contributed by atoms with Crippen molar-refractivity contribution in [3.63, 3.8) is 0 Å². The molecule has 3 aromatic carbocycles. The third kappa shape index (κ3) is 5.83. The number of amides is 1. The molecule has 1 aliphatic rings. The average Bonchev–Trinajstić information content (AvgIpc) is 3.17. The van der Waals surface area contributed by atoms with Gasteiger partial charge < -0.3 is 24.2 Å². The zero-order chi connectivity index (χ0) is 29.2. The highest BCUT2D eigenvalue weighted by atomic mass is 16.5. The van der Waals surface area contributed by atoms with Gasteiger partial charge in [-0.15, -0.1) is 0 Å².